The molecule has 0 bridgehead atoms. The predicted octanol–water partition coefficient (Wildman–Crippen LogP) is 4.86. The third-order valence-electron chi connectivity index (χ3n) is 3.39. The first-order valence-electron chi connectivity index (χ1n) is 6.68. The van der Waals surface area contributed by atoms with Gasteiger partial charge in [0.2, 0.25) is 0 Å². The van der Waals surface area contributed by atoms with Crippen LogP contribution in [0.4, 0.5) is 0 Å². The van der Waals surface area contributed by atoms with Crippen LogP contribution in [0.2, 0.25) is 0 Å². The second-order valence-corrected chi connectivity index (χ2v) is 5.44. The van der Waals surface area contributed by atoms with Crippen molar-refractivity contribution in [2.45, 2.75) is 13.3 Å². The van der Waals surface area contributed by atoms with Crippen molar-refractivity contribution in [2.75, 3.05) is 0 Å². The highest BCUT2D eigenvalue weighted by Gasteiger charge is 2.11. The maximum atomic E-state index is 4.51. The van der Waals surface area contributed by atoms with E-state index in [9.17, 15) is 0 Å². The lowest BCUT2D eigenvalue weighted by Crippen LogP contribution is -2.02. The SMILES string of the molecule is CCc1ccccc1-n1nccc1-c1ccccc1Br. The highest BCUT2D eigenvalue weighted by atomic mass is 79.9. The Bertz CT molecular complexity index is 731. The lowest BCUT2D eigenvalue weighted by atomic mass is 10.1. The summed E-state index contributed by atoms with van der Waals surface area (Å²) in [4.78, 5) is 0. The van der Waals surface area contributed by atoms with Crippen LogP contribution < -0.4 is 0 Å². The molecule has 2 aromatic carbocycles. The summed E-state index contributed by atoms with van der Waals surface area (Å²) < 4.78 is 3.09. The molecule has 1 aromatic heterocycles. The first-order chi connectivity index (χ1) is 9.81. The van der Waals surface area contributed by atoms with Gasteiger partial charge >= 0.3 is 0 Å². The molecule has 0 N–H and O–H groups in total. The predicted molar refractivity (Wildman–Crippen MR) is 86.1 cm³/mol. The van der Waals surface area contributed by atoms with Gasteiger partial charge in [-0.05, 0) is 30.2 Å². The summed E-state index contributed by atoms with van der Waals surface area (Å²) in [6, 6.07) is 18.7. The number of rotatable bonds is 3. The van der Waals surface area contributed by atoms with Crippen molar-refractivity contribution in [1.82, 2.24) is 9.78 Å². The molecular weight excluding hydrogens is 312 g/mol. The Hall–Kier alpha value is -1.87. The molecule has 3 heteroatoms. The van der Waals surface area contributed by atoms with Crippen LogP contribution >= 0.6 is 15.9 Å². The van der Waals surface area contributed by atoms with E-state index in [4.69, 9.17) is 0 Å². The van der Waals surface area contributed by atoms with Crippen molar-refractivity contribution in [2.24, 2.45) is 0 Å². The van der Waals surface area contributed by atoms with Crippen molar-refractivity contribution in [3.8, 4) is 16.9 Å². The van der Waals surface area contributed by atoms with Gasteiger partial charge in [0.25, 0.3) is 0 Å². The fraction of sp³-hybridized carbons (Fsp3) is 0.118. The molecule has 0 amide bonds. The maximum Gasteiger partial charge on any atom is 0.0752 e. The van der Waals surface area contributed by atoms with Gasteiger partial charge in [-0.3, -0.25) is 0 Å². The number of aryl methyl sites for hydroxylation is 1. The number of hydrogen-bond donors (Lipinski definition) is 0. The molecule has 0 saturated carbocycles. The fourth-order valence-electron chi connectivity index (χ4n) is 2.38. The van der Waals surface area contributed by atoms with Crippen molar-refractivity contribution in [3.05, 3.63) is 70.8 Å². The first kappa shape index (κ1) is 13.1. The van der Waals surface area contributed by atoms with Gasteiger partial charge in [-0.25, -0.2) is 4.68 Å². The van der Waals surface area contributed by atoms with Gasteiger partial charge in [0.05, 0.1) is 17.6 Å². The molecule has 3 rings (SSSR count). The van der Waals surface area contributed by atoms with Crippen molar-refractivity contribution < 1.29 is 0 Å². The Morgan fingerprint density at radius 2 is 1.75 bits per heavy atom. The summed E-state index contributed by atoms with van der Waals surface area (Å²) in [5, 5.41) is 4.51. The first-order valence-corrected chi connectivity index (χ1v) is 7.47. The Morgan fingerprint density at radius 1 is 1.00 bits per heavy atom. The summed E-state index contributed by atoms with van der Waals surface area (Å²) in [7, 11) is 0. The molecule has 0 aliphatic heterocycles. The minimum atomic E-state index is 0.992. The molecule has 0 saturated heterocycles. The number of para-hydroxylation sites is 1. The van der Waals surface area contributed by atoms with Crippen LogP contribution in [-0.4, -0.2) is 9.78 Å². The Balaban J connectivity index is 2.19. The van der Waals surface area contributed by atoms with E-state index in [0.717, 1.165) is 27.8 Å². The van der Waals surface area contributed by atoms with Crippen LogP contribution in [0.5, 0.6) is 0 Å². The van der Waals surface area contributed by atoms with Crippen molar-refractivity contribution in [3.63, 3.8) is 0 Å². The Kier molecular flexibility index (Phi) is 3.70. The van der Waals surface area contributed by atoms with E-state index in [1.807, 2.05) is 29.1 Å². The minimum Gasteiger partial charge on any atom is -0.233 e. The van der Waals surface area contributed by atoms with E-state index in [2.05, 4.69) is 64.4 Å². The molecule has 0 aliphatic rings. The standard InChI is InChI=1S/C17H15BrN2/c1-2-13-7-3-6-10-16(13)20-17(11-12-19-20)14-8-4-5-9-15(14)18/h3-12H,2H2,1H3. The number of hydrogen-bond acceptors (Lipinski definition) is 1. The summed E-state index contributed by atoms with van der Waals surface area (Å²) in [5.74, 6) is 0. The molecule has 0 aliphatic carbocycles. The van der Waals surface area contributed by atoms with E-state index in [1.54, 1.807) is 0 Å². The summed E-state index contributed by atoms with van der Waals surface area (Å²) >= 11 is 3.62. The molecule has 2 nitrogen and oxygen atoms in total. The maximum absolute atomic E-state index is 4.51. The smallest absolute Gasteiger partial charge is 0.0752 e. The van der Waals surface area contributed by atoms with Gasteiger partial charge in [0.15, 0.2) is 0 Å². The summed E-state index contributed by atoms with van der Waals surface area (Å²) in [6.07, 6.45) is 2.84. The third kappa shape index (κ3) is 2.29. The summed E-state index contributed by atoms with van der Waals surface area (Å²) in [5.41, 5.74) is 4.68. The van der Waals surface area contributed by atoms with Crippen molar-refractivity contribution >= 4 is 15.9 Å². The molecule has 20 heavy (non-hydrogen) atoms. The van der Waals surface area contributed by atoms with Gasteiger partial charge in [0.1, 0.15) is 0 Å². The van der Waals surface area contributed by atoms with Gasteiger partial charge in [0, 0.05) is 10.0 Å². The molecule has 3 aromatic rings. The zero-order valence-corrected chi connectivity index (χ0v) is 12.8. The zero-order chi connectivity index (χ0) is 13.9. The normalized spacial score (nSPS) is 10.7. The molecule has 100 valence electrons. The molecule has 0 fully saturated rings. The van der Waals surface area contributed by atoms with Crippen molar-refractivity contribution in [1.29, 1.82) is 0 Å². The van der Waals surface area contributed by atoms with Gasteiger partial charge in [-0.1, -0.05) is 59.3 Å². The highest BCUT2D eigenvalue weighted by Crippen LogP contribution is 2.30. The van der Waals surface area contributed by atoms with Crippen LogP contribution in [0.1, 0.15) is 12.5 Å². The quantitative estimate of drug-likeness (QED) is 0.671. The lowest BCUT2D eigenvalue weighted by molar-refractivity contribution is 0.869. The van der Waals surface area contributed by atoms with Crippen LogP contribution in [0.3, 0.4) is 0 Å². The number of halogens is 1. The van der Waals surface area contributed by atoms with E-state index in [1.165, 1.54) is 5.56 Å². The van der Waals surface area contributed by atoms with Gasteiger partial charge < -0.3 is 0 Å². The topological polar surface area (TPSA) is 17.8 Å². The summed E-state index contributed by atoms with van der Waals surface area (Å²) in [6.45, 7) is 2.17. The number of benzene rings is 2. The minimum absolute atomic E-state index is 0.992. The van der Waals surface area contributed by atoms with E-state index < -0.39 is 0 Å². The Labute approximate surface area is 127 Å². The average molecular weight is 327 g/mol. The van der Waals surface area contributed by atoms with Crippen LogP contribution in [0, 0.1) is 0 Å². The van der Waals surface area contributed by atoms with E-state index in [-0.39, 0.29) is 0 Å². The zero-order valence-electron chi connectivity index (χ0n) is 11.3. The van der Waals surface area contributed by atoms with E-state index >= 15 is 0 Å². The monoisotopic (exact) mass is 326 g/mol. The fourth-order valence-corrected chi connectivity index (χ4v) is 2.87. The second kappa shape index (κ2) is 5.63. The van der Waals surface area contributed by atoms with Crippen LogP contribution in [-0.2, 0) is 6.42 Å². The molecule has 0 spiro atoms. The number of nitrogens with zero attached hydrogens (tertiary/aromatic N) is 2. The molecular formula is C17H15BrN2. The number of aromatic nitrogens is 2. The van der Waals surface area contributed by atoms with Gasteiger partial charge in [-0.2, -0.15) is 5.10 Å². The average Bonchev–Trinajstić information content (AvgIpc) is 2.96. The Morgan fingerprint density at radius 3 is 2.55 bits per heavy atom. The highest BCUT2D eigenvalue weighted by molar-refractivity contribution is 9.10. The molecule has 0 radical (unpaired) electrons. The molecule has 0 atom stereocenters. The third-order valence-corrected chi connectivity index (χ3v) is 4.08. The van der Waals surface area contributed by atoms with E-state index in [0.29, 0.717) is 0 Å². The lowest BCUT2D eigenvalue weighted by Gasteiger charge is -2.12. The van der Waals surface area contributed by atoms with Gasteiger partial charge in [-0.15, -0.1) is 0 Å². The molecule has 0 unspecified atom stereocenters. The second-order valence-electron chi connectivity index (χ2n) is 4.59. The van der Waals surface area contributed by atoms with Crippen LogP contribution in [0.25, 0.3) is 16.9 Å². The molecule has 1 heterocycles. The largest absolute Gasteiger partial charge is 0.233 e. The van der Waals surface area contributed by atoms with Crippen LogP contribution in [0.15, 0.2) is 65.3 Å².